The van der Waals surface area contributed by atoms with Crippen molar-refractivity contribution in [2.75, 3.05) is 0 Å². The molecule has 2 nitrogen and oxygen atoms in total. The van der Waals surface area contributed by atoms with Gasteiger partial charge in [0.1, 0.15) is 5.82 Å². The van der Waals surface area contributed by atoms with Gasteiger partial charge in [-0.3, -0.25) is 0 Å². The molecule has 2 unspecified atom stereocenters. The first-order valence-electron chi connectivity index (χ1n) is 11.5. The van der Waals surface area contributed by atoms with Gasteiger partial charge >= 0.3 is 0 Å². The number of nitrogens with zero attached hydrogens (tertiary/aromatic N) is 2. The second-order valence-corrected chi connectivity index (χ2v) is 10.0. The maximum absolute atomic E-state index is 5.17. The van der Waals surface area contributed by atoms with Crippen LogP contribution < -0.4 is 0 Å². The van der Waals surface area contributed by atoms with E-state index in [1.807, 2.05) is 0 Å². The van der Waals surface area contributed by atoms with Crippen molar-refractivity contribution in [2.45, 2.75) is 78.7 Å². The van der Waals surface area contributed by atoms with Crippen LogP contribution in [0.1, 0.15) is 88.4 Å². The third-order valence-corrected chi connectivity index (χ3v) is 6.72. The Labute approximate surface area is 182 Å². The highest BCUT2D eigenvalue weighted by molar-refractivity contribution is 5.83. The van der Waals surface area contributed by atoms with Crippen molar-refractivity contribution in [1.82, 2.24) is 9.55 Å². The highest BCUT2D eigenvalue weighted by Gasteiger charge is 2.26. The van der Waals surface area contributed by atoms with Crippen LogP contribution in [0.25, 0.3) is 22.4 Å². The molecule has 1 saturated carbocycles. The van der Waals surface area contributed by atoms with Crippen molar-refractivity contribution < 1.29 is 0 Å². The van der Waals surface area contributed by atoms with Gasteiger partial charge < -0.3 is 4.57 Å². The predicted octanol–water partition coefficient (Wildman–Crippen LogP) is 8.18. The Morgan fingerprint density at radius 2 is 1.80 bits per heavy atom. The van der Waals surface area contributed by atoms with Crippen LogP contribution in [-0.4, -0.2) is 9.55 Å². The van der Waals surface area contributed by atoms with E-state index in [0.29, 0.717) is 17.9 Å². The van der Waals surface area contributed by atoms with E-state index in [-0.39, 0.29) is 0 Å². The number of allylic oxidation sites excluding steroid dienone is 1. The zero-order chi connectivity index (χ0) is 21.6. The minimum Gasteiger partial charge on any atom is -0.321 e. The SMILES string of the molecule is C=C1CC(C)CC(c2cc3c(cc2C)nc(-c2ccccc2C(C)C)n3C(C)C)C1. The number of fused-ring (bicyclic) bond motifs is 1. The van der Waals surface area contributed by atoms with Gasteiger partial charge in [-0.1, -0.05) is 57.2 Å². The molecule has 0 bridgehead atoms. The third kappa shape index (κ3) is 3.73. The van der Waals surface area contributed by atoms with Crippen molar-refractivity contribution in [3.8, 4) is 11.4 Å². The number of hydrogen-bond donors (Lipinski definition) is 0. The van der Waals surface area contributed by atoms with E-state index in [0.717, 1.165) is 23.7 Å². The standard InChI is InChI=1S/C28H36N2/c1-17(2)23-10-8-9-11-24(23)28-29-26-15-21(7)25(16-27(26)30(28)18(3)4)22-13-19(5)12-20(6)14-22/h8-11,15-18,20,22H,5,12-14H2,1-4,6-7H3. The lowest BCUT2D eigenvalue weighted by Gasteiger charge is -2.30. The van der Waals surface area contributed by atoms with Crippen LogP contribution in [0.3, 0.4) is 0 Å². The van der Waals surface area contributed by atoms with E-state index >= 15 is 0 Å². The normalized spacial score (nSPS) is 19.9. The van der Waals surface area contributed by atoms with E-state index in [1.165, 1.54) is 46.2 Å². The summed E-state index contributed by atoms with van der Waals surface area (Å²) in [5, 5.41) is 0. The lowest BCUT2D eigenvalue weighted by molar-refractivity contribution is 0.406. The molecule has 1 aromatic heterocycles. The van der Waals surface area contributed by atoms with Crippen molar-refractivity contribution in [3.63, 3.8) is 0 Å². The lowest BCUT2D eigenvalue weighted by Crippen LogP contribution is -2.14. The van der Waals surface area contributed by atoms with Crippen LogP contribution in [0.15, 0.2) is 48.6 Å². The second-order valence-electron chi connectivity index (χ2n) is 10.0. The molecule has 1 aliphatic carbocycles. The molecule has 1 heterocycles. The van der Waals surface area contributed by atoms with Crippen LogP contribution in [-0.2, 0) is 0 Å². The summed E-state index contributed by atoms with van der Waals surface area (Å²) in [5.74, 6) is 2.86. The van der Waals surface area contributed by atoms with Crippen molar-refractivity contribution in [1.29, 1.82) is 0 Å². The Balaban J connectivity index is 1.91. The predicted molar refractivity (Wildman–Crippen MR) is 129 cm³/mol. The van der Waals surface area contributed by atoms with Crippen molar-refractivity contribution >= 4 is 11.0 Å². The first-order valence-corrected chi connectivity index (χ1v) is 11.5. The van der Waals surface area contributed by atoms with E-state index in [2.05, 4.69) is 89.1 Å². The summed E-state index contributed by atoms with van der Waals surface area (Å²) in [7, 11) is 0. The number of hydrogen-bond acceptors (Lipinski definition) is 1. The highest BCUT2D eigenvalue weighted by Crippen LogP contribution is 2.41. The van der Waals surface area contributed by atoms with Gasteiger partial charge in [-0.15, -0.1) is 0 Å². The molecule has 0 radical (unpaired) electrons. The van der Waals surface area contributed by atoms with Crippen LogP contribution in [0.5, 0.6) is 0 Å². The maximum atomic E-state index is 5.17. The Morgan fingerprint density at radius 3 is 2.47 bits per heavy atom. The minimum atomic E-state index is 0.348. The second kappa shape index (κ2) is 8.06. The van der Waals surface area contributed by atoms with Crippen molar-refractivity contribution in [3.05, 3.63) is 65.2 Å². The van der Waals surface area contributed by atoms with Crippen LogP contribution in [0, 0.1) is 12.8 Å². The van der Waals surface area contributed by atoms with Crippen LogP contribution in [0.2, 0.25) is 0 Å². The molecule has 2 aromatic carbocycles. The van der Waals surface area contributed by atoms with Gasteiger partial charge in [0.25, 0.3) is 0 Å². The van der Waals surface area contributed by atoms with E-state index in [1.54, 1.807) is 0 Å². The molecule has 0 spiro atoms. The molecule has 0 N–H and O–H groups in total. The molecule has 158 valence electrons. The molecule has 1 fully saturated rings. The molecule has 3 aromatic rings. The summed E-state index contributed by atoms with van der Waals surface area (Å²) in [6.45, 7) is 18.0. The average Bonchev–Trinajstić information content (AvgIpc) is 3.04. The van der Waals surface area contributed by atoms with Crippen LogP contribution >= 0.6 is 0 Å². The summed E-state index contributed by atoms with van der Waals surface area (Å²) >= 11 is 0. The molecule has 2 heteroatoms. The van der Waals surface area contributed by atoms with Crippen molar-refractivity contribution in [2.24, 2.45) is 5.92 Å². The fourth-order valence-corrected chi connectivity index (χ4v) is 5.43. The largest absolute Gasteiger partial charge is 0.321 e. The fraction of sp³-hybridized carbons (Fsp3) is 0.464. The number of imidazole rings is 1. The van der Waals surface area contributed by atoms with Gasteiger partial charge in [-0.25, -0.2) is 4.98 Å². The number of aryl methyl sites for hydroxylation is 1. The smallest absolute Gasteiger partial charge is 0.141 e. The molecular formula is C28H36N2. The average molecular weight is 401 g/mol. The fourth-order valence-electron chi connectivity index (χ4n) is 5.43. The Hall–Kier alpha value is -2.35. The Morgan fingerprint density at radius 1 is 1.07 bits per heavy atom. The van der Waals surface area contributed by atoms with E-state index in [9.17, 15) is 0 Å². The summed E-state index contributed by atoms with van der Waals surface area (Å²) in [6.07, 6.45) is 3.55. The molecule has 4 rings (SSSR count). The lowest BCUT2D eigenvalue weighted by atomic mass is 9.75. The number of rotatable bonds is 4. The molecule has 1 aliphatic rings. The van der Waals surface area contributed by atoms with E-state index < -0.39 is 0 Å². The van der Waals surface area contributed by atoms with Crippen LogP contribution in [0.4, 0.5) is 0 Å². The molecule has 2 atom stereocenters. The Kier molecular flexibility index (Phi) is 5.61. The quantitative estimate of drug-likeness (QED) is 0.404. The number of aromatic nitrogens is 2. The molecule has 30 heavy (non-hydrogen) atoms. The topological polar surface area (TPSA) is 17.8 Å². The molecule has 0 saturated heterocycles. The maximum Gasteiger partial charge on any atom is 0.141 e. The summed E-state index contributed by atoms with van der Waals surface area (Å²) < 4.78 is 2.45. The Bertz CT molecular complexity index is 1080. The van der Waals surface area contributed by atoms with Gasteiger partial charge in [0.05, 0.1) is 11.0 Å². The monoisotopic (exact) mass is 400 g/mol. The summed E-state index contributed by atoms with van der Waals surface area (Å²) in [5.41, 5.74) is 9.26. The van der Waals surface area contributed by atoms with Gasteiger partial charge in [-0.05, 0) is 86.6 Å². The molecule has 0 aliphatic heterocycles. The first kappa shape index (κ1) is 20.9. The van der Waals surface area contributed by atoms with Gasteiger partial charge in [0, 0.05) is 11.6 Å². The zero-order valence-corrected chi connectivity index (χ0v) is 19.5. The summed E-state index contributed by atoms with van der Waals surface area (Å²) in [4.78, 5) is 5.17. The minimum absolute atomic E-state index is 0.348. The van der Waals surface area contributed by atoms with Gasteiger partial charge in [0.2, 0.25) is 0 Å². The van der Waals surface area contributed by atoms with Gasteiger partial charge in [-0.2, -0.15) is 0 Å². The first-order chi connectivity index (χ1) is 14.3. The van der Waals surface area contributed by atoms with Gasteiger partial charge in [0.15, 0.2) is 0 Å². The highest BCUT2D eigenvalue weighted by atomic mass is 15.1. The van der Waals surface area contributed by atoms with E-state index in [4.69, 9.17) is 4.98 Å². The zero-order valence-electron chi connectivity index (χ0n) is 19.5. The summed E-state index contributed by atoms with van der Waals surface area (Å²) in [6, 6.07) is 13.9. The number of benzene rings is 2. The molecular weight excluding hydrogens is 364 g/mol. The third-order valence-electron chi connectivity index (χ3n) is 6.72. The molecule has 0 amide bonds.